The number of rotatable bonds is 2. The minimum absolute atomic E-state index is 0.0553. The Balaban J connectivity index is 1.96. The molecule has 1 aromatic rings. The Morgan fingerprint density at radius 2 is 1.67 bits per heavy atom. The van der Waals surface area contributed by atoms with Crippen LogP contribution in [0.1, 0.15) is 18.5 Å². The van der Waals surface area contributed by atoms with E-state index >= 15 is 0 Å². The van der Waals surface area contributed by atoms with Gasteiger partial charge in [-0.3, -0.25) is 4.79 Å². The Labute approximate surface area is 121 Å². The van der Waals surface area contributed by atoms with Crippen LogP contribution in [0.3, 0.4) is 0 Å². The van der Waals surface area contributed by atoms with Crippen LogP contribution in [0.15, 0.2) is 24.3 Å². The van der Waals surface area contributed by atoms with Gasteiger partial charge in [-0.25, -0.2) is 0 Å². The summed E-state index contributed by atoms with van der Waals surface area (Å²) in [5, 5.41) is 0. The number of hydrogen-bond donors (Lipinski definition) is 1. The molecule has 0 bridgehead atoms. The first-order chi connectivity index (χ1) is 9.79. The molecule has 0 radical (unpaired) electrons. The van der Waals surface area contributed by atoms with E-state index in [9.17, 15) is 18.0 Å². The molecule has 2 rings (SSSR count). The summed E-state index contributed by atoms with van der Waals surface area (Å²) in [5.41, 5.74) is 7.70. The van der Waals surface area contributed by atoms with E-state index < -0.39 is 12.1 Å². The van der Waals surface area contributed by atoms with Crippen molar-refractivity contribution in [2.24, 2.45) is 5.73 Å². The second kappa shape index (κ2) is 5.93. The van der Waals surface area contributed by atoms with Gasteiger partial charge in [0.25, 0.3) is 0 Å². The third kappa shape index (κ3) is 3.66. The van der Waals surface area contributed by atoms with Crippen LogP contribution in [0.4, 0.5) is 18.9 Å². The van der Waals surface area contributed by atoms with Gasteiger partial charge >= 0.3 is 12.1 Å². The maximum absolute atomic E-state index is 12.4. The van der Waals surface area contributed by atoms with E-state index in [0.717, 1.165) is 16.2 Å². The van der Waals surface area contributed by atoms with Crippen LogP contribution < -0.4 is 10.6 Å². The van der Waals surface area contributed by atoms with Crippen molar-refractivity contribution in [3.63, 3.8) is 0 Å². The van der Waals surface area contributed by atoms with Gasteiger partial charge in [-0.15, -0.1) is 0 Å². The molecule has 0 saturated carbocycles. The predicted molar refractivity (Wildman–Crippen MR) is 73.9 cm³/mol. The molecule has 0 spiro atoms. The molecule has 0 aliphatic carbocycles. The zero-order chi connectivity index (χ0) is 15.6. The van der Waals surface area contributed by atoms with Gasteiger partial charge in [0.2, 0.25) is 0 Å². The van der Waals surface area contributed by atoms with Crippen molar-refractivity contribution >= 4 is 11.6 Å². The lowest BCUT2D eigenvalue weighted by molar-refractivity contribution is -0.185. The second-order valence-electron chi connectivity index (χ2n) is 5.16. The van der Waals surface area contributed by atoms with Gasteiger partial charge in [-0.2, -0.15) is 13.2 Å². The van der Waals surface area contributed by atoms with Crippen LogP contribution in [0.25, 0.3) is 0 Å². The molecular formula is C14H18F3N3O. The average Bonchev–Trinajstić information content (AvgIpc) is 2.46. The normalized spacial score (nSPS) is 17.8. The molecular weight excluding hydrogens is 283 g/mol. The molecule has 1 atom stereocenters. The van der Waals surface area contributed by atoms with E-state index in [1.54, 1.807) is 0 Å². The second-order valence-corrected chi connectivity index (χ2v) is 5.16. The van der Waals surface area contributed by atoms with Crippen molar-refractivity contribution in [1.82, 2.24) is 4.90 Å². The number of alkyl halides is 3. The highest BCUT2D eigenvalue weighted by Crippen LogP contribution is 2.22. The SMILES string of the molecule is C[C@H](N)c1ccc(N2CCN(C(=O)C(F)(F)F)CC2)cc1. The number of carbonyl (C=O) groups excluding carboxylic acids is 1. The van der Waals surface area contributed by atoms with E-state index in [1.807, 2.05) is 36.1 Å². The molecule has 1 aliphatic rings. The summed E-state index contributed by atoms with van der Waals surface area (Å²) in [4.78, 5) is 14.0. The Hall–Kier alpha value is -1.76. The molecule has 1 aliphatic heterocycles. The molecule has 116 valence electrons. The number of nitrogens with two attached hydrogens (primary N) is 1. The van der Waals surface area contributed by atoms with Gasteiger partial charge in [-0.1, -0.05) is 12.1 Å². The molecule has 0 unspecified atom stereocenters. The quantitative estimate of drug-likeness (QED) is 0.908. The highest BCUT2D eigenvalue weighted by Gasteiger charge is 2.43. The minimum atomic E-state index is -4.79. The van der Waals surface area contributed by atoms with E-state index in [-0.39, 0.29) is 19.1 Å². The summed E-state index contributed by atoms with van der Waals surface area (Å²) in [6.45, 7) is 2.82. The molecule has 1 heterocycles. The van der Waals surface area contributed by atoms with Gasteiger partial charge < -0.3 is 15.5 Å². The Bertz CT molecular complexity index is 491. The van der Waals surface area contributed by atoms with Crippen LogP contribution in [0, 0.1) is 0 Å². The lowest BCUT2D eigenvalue weighted by Crippen LogP contribution is -2.52. The monoisotopic (exact) mass is 301 g/mol. The summed E-state index contributed by atoms with van der Waals surface area (Å²) >= 11 is 0. The van der Waals surface area contributed by atoms with Gasteiger partial charge in [0.1, 0.15) is 0 Å². The maximum atomic E-state index is 12.4. The van der Waals surface area contributed by atoms with Crippen molar-refractivity contribution in [2.45, 2.75) is 19.1 Å². The smallest absolute Gasteiger partial charge is 0.368 e. The standard InChI is InChI=1S/C14H18F3N3O/c1-10(18)11-2-4-12(5-3-11)19-6-8-20(9-7-19)13(21)14(15,16)17/h2-5,10H,6-9,18H2,1H3/t10-/m0/s1. The first-order valence-electron chi connectivity index (χ1n) is 6.75. The fraction of sp³-hybridized carbons (Fsp3) is 0.500. The van der Waals surface area contributed by atoms with E-state index in [1.165, 1.54) is 0 Å². The number of halogens is 3. The third-order valence-corrected chi connectivity index (χ3v) is 3.59. The number of anilines is 1. The lowest BCUT2D eigenvalue weighted by Gasteiger charge is -2.36. The molecule has 1 fully saturated rings. The van der Waals surface area contributed by atoms with E-state index in [0.29, 0.717) is 13.1 Å². The van der Waals surface area contributed by atoms with Crippen molar-refractivity contribution < 1.29 is 18.0 Å². The Morgan fingerprint density at radius 1 is 1.14 bits per heavy atom. The number of nitrogens with zero attached hydrogens (tertiary/aromatic N) is 2. The van der Waals surface area contributed by atoms with Gasteiger partial charge in [0, 0.05) is 37.9 Å². The first-order valence-corrected chi connectivity index (χ1v) is 6.75. The lowest BCUT2D eigenvalue weighted by atomic mass is 10.1. The number of benzene rings is 1. The molecule has 0 aromatic heterocycles. The third-order valence-electron chi connectivity index (χ3n) is 3.59. The van der Waals surface area contributed by atoms with E-state index in [2.05, 4.69) is 0 Å². The molecule has 1 amide bonds. The summed E-state index contributed by atoms with van der Waals surface area (Å²) in [6, 6.07) is 7.57. The van der Waals surface area contributed by atoms with Crippen LogP contribution in [-0.4, -0.2) is 43.2 Å². The maximum Gasteiger partial charge on any atom is 0.471 e. The average molecular weight is 301 g/mol. The summed E-state index contributed by atoms with van der Waals surface area (Å²) < 4.78 is 37.1. The summed E-state index contributed by atoms with van der Waals surface area (Å²) in [7, 11) is 0. The fourth-order valence-corrected chi connectivity index (χ4v) is 2.34. The van der Waals surface area contributed by atoms with E-state index in [4.69, 9.17) is 5.73 Å². The van der Waals surface area contributed by atoms with Crippen molar-refractivity contribution in [3.8, 4) is 0 Å². The number of carbonyl (C=O) groups is 1. The molecule has 2 N–H and O–H groups in total. The Kier molecular flexibility index (Phi) is 4.41. The van der Waals surface area contributed by atoms with Crippen LogP contribution in [0.2, 0.25) is 0 Å². The van der Waals surface area contributed by atoms with Crippen molar-refractivity contribution in [3.05, 3.63) is 29.8 Å². The fourth-order valence-electron chi connectivity index (χ4n) is 2.34. The molecule has 7 heteroatoms. The minimum Gasteiger partial charge on any atom is -0.368 e. The van der Waals surface area contributed by atoms with Crippen LogP contribution in [0.5, 0.6) is 0 Å². The molecule has 4 nitrogen and oxygen atoms in total. The zero-order valence-corrected chi connectivity index (χ0v) is 11.7. The highest BCUT2D eigenvalue weighted by atomic mass is 19.4. The number of amides is 1. The first kappa shape index (κ1) is 15.6. The summed E-state index contributed by atoms with van der Waals surface area (Å²) in [6.07, 6.45) is -4.79. The van der Waals surface area contributed by atoms with Gasteiger partial charge in [0.15, 0.2) is 0 Å². The van der Waals surface area contributed by atoms with Crippen LogP contribution >= 0.6 is 0 Å². The molecule has 1 aromatic carbocycles. The van der Waals surface area contributed by atoms with Crippen LogP contribution in [-0.2, 0) is 4.79 Å². The van der Waals surface area contributed by atoms with Crippen molar-refractivity contribution in [2.75, 3.05) is 31.1 Å². The largest absolute Gasteiger partial charge is 0.471 e. The Morgan fingerprint density at radius 3 is 2.10 bits per heavy atom. The predicted octanol–water partition coefficient (Wildman–Crippen LogP) is 1.92. The summed E-state index contributed by atoms with van der Waals surface area (Å²) in [5.74, 6) is -1.76. The van der Waals surface area contributed by atoms with Gasteiger partial charge in [-0.05, 0) is 24.6 Å². The number of piperazine rings is 1. The van der Waals surface area contributed by atoms with Gasteiger partial charge in [0.05, 0.1) is 0 Å². The highest BCUT2D eigenvalue weighted by molar-refractivity contribution is 5.82. The zero-order valence-electron chi connectivity index (χ0n) is 11.7. The molecule has 1 saturated heterocycles. The van der Waals surface area contributed by atoms with Crippen molar-refractivity contribution in [1.29, 1.82) is 0 Å². The topological polar surface area (TPSA) is 49.6 Å². The molecule has 21 heavy (non-hydrogen) atoms. The number of hydrogen-bond acceptors (Lipinski definition) is 3.